The average Bonchev–Trinajstić information content (AvgIpc) is 2.85. The van der Waals surface area contributed by atoms with Crippen LogP contribution in [0.1, 0.15) is 44.2 Å². The molecule has 3 nitrogen and oxygen atoms in total. The van der Waals surface area contributed by atoms with Gasteiger partial charge in [0, 0.05) is 11.6 Å². The highest BCUT2D eigenvalue weighted by Gasteiger charge is 2.25. The van der Waals surface area contributed by atoms with Crippen LogP contribution in [0, 0.1) is 5.92 Å². The lowest BCUT2D eigenvalue weighted by Gasteiger charge is -2.21. The van der Waals surface area contributed by atoms with Crippen molar-refractivity contribution in [2.45, 2.75) is 38.6 Å². The Labute approximate surface area is 115 Å². The maximum Gasteiger partial charge on any atom is 0.162 e. The summed E-state index contributed by atoms with van der Waals surface area (Å²) in [4.78, 5) is 0. The summed E-state index contributed by atoms with van der Waals surface area (Å²) < 4.78 is 5.38. The number of phenols is 1. The Bertz CT molecular complexity index is 378. The summed E-state index contributed by atoms with van der Waals surface area (Å²) in [6.45, 7) is 2.46. The van der Waals surface area contributed by atoms with Crippen LogP contribution in [-0.2, 0) is 0 Å². The summed E-state index contributed by atoms with van der Waals surface area (Å²) in [6.07, 6.45) is 4.84. The molecular weight excluding hydrogens is 250 g/mol. The van der Waals surface area contributed by atoms with Crippen LogP contribution in [0.3, 0.4) is 0 Å². The molecule has 1 aromatic rings. The summed E-state index contributed by atoms with van der Waals surface area (Å²) in [5.41, 5.74) is 7.07. The number of hydrogen-bond donors (Lipinski definition) is 2. The van der Waals surface area contributed by atoms with Gasteiger partial charge in [0.2, 0.25) is 0 Å². The highest BCUT2D eigenvalue weighted by atomic mass is 35.5. The molecule has 0 aromatic heterocycles. The van der Waals surface area contributed by atoms with Gasteiger partial charge in [-0.15, -0.1) is 12.4 Å². The zero-order valence-electron chi connectivity index (χ0n) is 10.8. The second kappa shape index (κ2) is 6.86. The van der Waals surface area contributed by atoms with Crippen molar-refractivity contribution in [1.82, 2.24) is 0 Å². The Morgan fingerprint density at radius 1 is 1.39 bits per heavy atom. The Hall–Kier alpha value is -0.930. The standard InChI is InChI=1S/C14H21NO2.ClH/c1-2-17-12-9-5-8-11(14(12)16)13(15)10-6-3-4-7-10;/h5,8-10,13,16H,2-4,6-7,15H2,1H3;1H/t13-;/m1./s1. The van der Waals surface area contributed by atoms with Crippen LogP contribution in [0.15, 0.2) is 18.2 Å². The molecule has 0 unspecified atom stereocenters. The first kappa shape index (κ1) is 15.1. The monoisotopic (exact) mass is 271 g/mol. The molecule has 0 radical (unpaired) electrons. The molecule has 4 heteroatoms. The van der Waals surface area contributed by atoms with Crippen molar-refractivity contribution in [2.24, 2.45) is 11.7 Å². The lowest BCUT2D eigenvalue weighted by Crippen LogP contribution is -2.19. The first-order valence-electron chi connectivity index (χ1n) is 6.44. The number of para-hydroxylation sites is 1. The third-order valence-corrected chi connectivity index (χ3v) is 3.60. The third-order valence-electron chi connectivity index (χ3n) is 3.60. The highest BCUT2D eigenvalue weighted by Crippen LogP contribution is 2.40. The maximum absolute atomic E-state index is 10.1. The lowest BCUT2D eigenvalue weighted by molar-refractivity contribution is 0.313. The first-order chi connectivity index (χ1) is 8.24. The average molecular weight is 272 g/mol. The number of ether oxygens (including phenoxy) is 1. The lowest BCUT2D eigenvalue weighted by atomic mass is 9.92. The number of hydrogen-bond acceptors (Lipinski definition) is 3. The van der Waals surface area contributed by atoms with Crippen molar-refractivity contribution < 1.29 is 9.84 Å². The molecule has 0 bridgehead atoms. The van der Waals surface area contributed by atoms with Crippen molar-refractivity contribution in [3.8, 4) is 11.5 Å². The van der Waals surface area contributed by atoms with Gasteiger partial charge in [-0.25, -0.2) is 0 Å². The number of nitrogens with two attached hydrogens (primary N) is 1. The zero-order chi connectivity index (χ0) is 12.3. The van der Waals surface area contributed by atoms with Crippen molar-refractivity contribution in [1.29, 1.82) is 0 Å². The normalized spacial score (nSPS) is 17.2. The van der Waals surface area contributed by atoms with Gasteiger partial charge in [-0.3, -0.25) is 0 Å². The topological polar surface area (TPSA) is 55.5 Å². The summed E-state index contributed by atoms with van der Waals surface area (Å²) in [5.74, 6) is 1.25. The van der Waals surface area contributed by atoms with Crippen LogP contribution in [-0.4, -0.2) is 11.7 Å². The van der Waals surface area contributed by atoms with E-state index in [1.165, 1.54) is 25.7 Å². The Balaban J connectivity index is 0.00000162. The molecule has 0 heterocycles. The minimum atomic E-state index is -0.0714. The third kappa shape index (κ3) is 3.09. The van der Waals surface area contributed by atoms with Gasteiger partial charge in [-0.1, -0.05) is 25.0 Å². The van der Waals surface area contributed by atoms with Crippen molar-refractivity contribution >= 4 is 12.4 Å². The van der Waals surface area contributed by atoms with Crippen molar-refractivity contribution in [3.63, 3.8) is 0 Å². The van der Waals surface area contributed by atoms with Gasteiger partial charge in [-0.05, 0) is 31.7 Å². The molecular formula is C14H22ClNO2. The second-order valence-electron chi connectivity index (χ2n) is 4.70. The second-order valence-corrected chi connectivity index (χ2v) is 4.70. The molecule has 102 valence electrons. The van der Waals surface area contributed by atoms with E-state index in [4.69, 9.17) is 10.5 Å². The molecule has 1 atom stereocenters. The van der Waals surface area contributed by atoms with E-state index < -0.39 is 0 Å². The fourth-order valence-corrected chi connectivity index (χ4v) is 2.65. The minimum Gasteiger partial charge on any atom is -0.504 e. The molecule has 18 heavy (non-hydrogen) atoms. The van der Waals surface area contributed by atoms with Gasteiger partial charge in [0.15, 0.2) is 11.5 Å². The van der Waals surface area contributed by atoms with E-state index in [9.17, 15) is 5.11 Å². The maximum atomic E-state index is 10.1. The predicted molar refractivity (Wildman–Crippen MR) is 75.4 cm³/mol. The predicted octanol–water partition coefficient (Wildman–Crippen LogP) is 3.40. The van der Waals surface area contributed by atoms with Gasteiger partial charge < -0.3 is 15.6 Å². The van der Waals surface area contributed by atoms with E-state index in [1.54, 1.807) is 6.07 Å². The molecule has 2 rings (SSSR count). The zero-order valence-corrected chi connectivity index (χ0v) is 11.6. The number of rotatable bonds is 4. The molecule has 3 N–H and O–H groups in total. The summed E-state index contributed by atoms with van der Waals surface area (Å²) in [5, 5.41) is 10.1. The number of aromatic hydroxyl groups is 1. The van der Waals surface area contributed by atoms with Gasteiger partial charge in [-0.2, -0.15) is 0 Å². The Kier molecular flexibility index (Phi) is 5.76. The van der Waals surface area contributed by atoms with Gasteiger partial charge in [0.05, 0.1) is 6.61 Å². The first-order valence-corrected chi connectivity index (χ1v) is 6.44. The van der Waals surface area contributed by atoms with Crippen LogP contribution in [0.5, 0.6) is 11.5 Å². The quantitative estimate of drug-likeness (QED) is 0.882. The molecule has 0 aliphatic heterocycles. The summed E-state index contributed by atoms with van der Waals surface area (Å²) >= 11 is 0. The Morgan fingerprint density at radius 2 is 2.06 bits per heavy atom. The molecule has 0 saturated heterocycles. The van der Waals surface area contributed by atoms with Crippen LogP contribution in [0.4, 0.5) is 0 Å². The van der Waals surface area contributed by atoms with E-state index >= 15 is 0 Å². The van der Waals surface area contributed by atoms with Gasteiger partial charge in [0.25, 0.3) is 0 Å². The molecule has 0 spiro atoms. The number of halogens is 1. The molecule has 1 aliphatic rings. The van der Waals surface area contributed by atoms with Crippen molar-refractivity contribution in [3.05, 3.63) is 23.8 Å². The van der Waals surface area contributed by atoms with Crippen molar-refractivity contribution in [2.75, 3.05) is 6.61 Å². The molecule has 1 saturated carbocycles. The van der Waals surface area contributed by atoms with E-state index in [-0.39, 0.29) is 24.2 Å². The number of benzene rings is 1. The summed E-state index contributed by atoms with van der Waals surface area (Å²) in [7, 11) is 0. The van der Waals surface area contributed by atoms with Crippen LogP contribution >= 0.6 is 12.4 Å². The van der Waals surface area contributed by atoms with Gasteiger partial charge >= 0.3 is 0 Å². The van der Waals surface area contributed by atoms with E-state index in [0.717, 1.165) is 5.56 Å². The van der Waals surface area contributed by atoms with Gasteiger partial charge in [0.1, 0.15) is 0 Å². The summed E-state index contributed by atoms with van der Waals surface area (Å²) in [6, 6.07) is 5.51. The SMILES string of the molecule is CCOc1cccc([C@H](N)C2CCCC2)c1O.Cl. The molecule has 1 fully saturated rings. The van der Waals surface area contributed by atoms with Crippen LogP contribution in [0.25, 0.3) is 0 Å². The highest BCUT2D eigenvalue weighted by molar-refractivity contribution is 5.85. The van der Waals surface area contributed by atoms with E-state index in [0.29, 0.717) is 18.3 Å². The number of phenolic OH excluding ortho intramolecular Hbond substituents is 1. The van der Waals surface area contributed by atoms with E-state index in [1.807, 2.05) is 19.1 Å². The molecule has 1 aromatic carbocycles. The minimum absolute atomic E-state index is 0. The fourth-order valence-electron chi connectivity index (χ4n) is 2.65. The largest absolute Gasteiger partial charge is 0.504 e. The molecule has 0 amide bonds. The molecule has 1 aliphatic carbocycles. The Morgan fingerprint density at radius 3 is 2.67 bits per heavy atom. The smallest absolute Gasteiger partial charge is 0.162 e. The van der Waals surface area contributed by atoms with Crippen LogP contribution in [0.2, 0.25) is 0 Å². The fraction of sp³-hybridized carbons (Fsp3) is 0.571. The van der Waals surface area contributed by atoms with Crippen LogP contribution < -0.4 is 10.5 Å². The van der Waals surface area contributed by atoms with E-state index in [2.05, 4.69) is 0 Å².